The van der Waals surface area contributed by atoms with Gasteiger partial charge in [-0.15, -0.1) is 0 Å². The Hall–Kier alpha value is -2.89. The van der Waals surface area contributed by atoms with Gasteiger partial charge >= 0.3 is 0 Å². The molecule has 0 unspecified atom stereocenters. The van der Waals surface area contributed by atoms with Crippen molar-refractivity contribution >= 4 is 5.91 Å². The molecule has 2 heterocycles. The highest BCUT2D eigenvalue weighted by Gasteiger charge is 2.22. The van der Waals surface area contributed by atoms with Crippen molar-refractivity contribution in [1.29, 1.82) is 0 Å². The van der Waals surface area contributed by atoms with Crippen molar-refractivity contribution in [2.45, 2.75) is 26.6 Å². The van der Waals surface area contributed by atoms with Gasteiger partial charge in [0.1, 0.15) is 5.76 Å². The van der Waals surface area contributed by atoms with Gasteiger partial charge in [-0.05, 0) is 30.2 Å². The summed E-state index contributed by atoms with van der Waals surface area (Å²) < 4.78 is 11.3. The number of ether oxygens (including phenoxy) is 1. The normalized spacial score (nSPS) is 14.3. The van der Waals surface area contributed by atoms with Crippen molar-refractivity contribution in [1.82, 2.24) is 9.80 Å². The van der Waals surface area contributed by atoms with Gasteiger partial charge in [0.15, 0.2) is 5.76 Å². The van der Waals surface area contributed by atoms with E-state index in [9.17, 15) is 4.79 Å². The maximum absolute atomic E-state index is 12.7. The Morgan fingerprint density at radius 3 is 2.23 bits per heavy atom. The Morgan fingerprint density at radius 1 is 0.867 bits per heavy atom. The van der Waals surface area contributed by atoms with Gasteiger partial charge in [-0.25, -0.2) is 0 Å². The van der Waals surface area contributed by atoms with E-state index in [2.05, 4.69) is 60.4 Å². The van der Waals surface area contributed by atoms with Crippen LogP contribution in [0.4, 0.5) is 0 Å². The summed E-state index contributed by atoms with van der Waals surface area (Å²) in [6.45, 7) is 6.75. The summed E-state index contributed by atoms with van der Waals surface area (Å²) in [6.07, 6.45) is 0. The SMILES string of the molecule is Cc1ccc(CN(Cc2ccccc2)Cc2ccc(C(=O)N3CCOCC3)o2)cc1. The van der Waals surface area contributed by atoms with Gasteiger partial charge in [0, 0.05) is 26.2 Å². The molecule has 1 fully saturated rings. The third kappa shape index (κ3) is 5.38. The van der Waals surface area contributed by atoms with Crippen molar-refractivity contribution in [2.24, 2.45) is 0 Å². The molecule has 0 saturated carbocycles. The lowest BCUT2D eigenvalue weighted by atomic mass is 10.1. The molecule has 5 nitrogen and oxygen atoms in total. The first-order valence-electron chi connectivity index (χ1n) is 10.4. The summed E-state index contributed by atoms with van der Waals surface area (Å²) in [5.41, 5.74) is 3.76. The Bertz CT molecular complexity index is 944. The number of nitrogens with zero attached hydrogens (tertiary/aromatic N) is 2. The molecule has 0 bridgehead atoms. The fraction of sp³-hybridized carbons (Fsp3) is 0.320. The molecule has 3 aromatic rings. The molecule has 30 heavy (non-hydrogen) atoms. The van der Waals surface area contributed by atoms with Gasteiger partial charge in [0.2, 0.25) is 0 Å². The van der Waals surface area contributed by atoms with Crippen LogP contribution in [0, 0.1) is 6.92 Å². The summed E-state index contributed by atoms with van der Waals surface area (Å²) in [4.78, 5) is 16.8. The fourth-order valence-corrected chi connectivity index (χ4v) is 3.68. The number of furan rings is 1. The van der Waals surface area contributed by atoms with Crippen LogP contribution < -0.4 is 0 Å². The fourth-order valence-electron chi connectivity index (χ4n) is 3.68. The monoisotopic (exact) mass is 404 g/mol. The minimum absolute atomic E-state index is 0.0577. The van der Waals surface area contributed by atoms with Crippen molar-refractivity contribution in [3.8, 4) is 0 Å². The highest BCUT2D eigenvalue weighted by molar-refractivity contribution is 5.91. The quantitative estimate of drug-likeness (QED) is 0.590. The zero-order chi connectivity index (χ0) is 20.8. The van der Waals surface area contributed by atoms with E-state index in [0.29, 0.717) is 38.6 Å². The molecule has 0 atom stereocenters. The van der Waals surface area contributed by atoms with E-state index in [1.807, 2.05) is 12.1 Å². The number of rotatable bonds is 7. The van der Waals surface area contributed by atoms with E-state index in [4.69, 9.17) is 9.15 Å². The molecule has 1 saturated heterocycles. The van der Waals surface area contributed by atoms with Gasteiger partial charge in [0.25, 0.3) is 5.91 Å². The molecule has 156 valence electrons. The second-order valence-corrected chi connectivity index (χ2v) is 7.79. The number of carbonyl (C=O) groups excluding carboxylic acids is 1. The Morgan fingerprint density at radius 2 is 1.53 bits per heavy atom. The molecule has 1 aliphatic rings. The van der Waals surface area contributed by atoms with Crippen molar-refractivity contribution in [2.75, 3.05) is 26.3 Å². The zero-order valence-electron chi connectivity index (χ0n) is 17.4. The molecule has 2 aromatic carbocycles. The molecule has 5 heteroatoms. The van der Waals surface area contributed by atoms with E-state index in [1.54, 1.807) is 11.0 Å². The molecular formula is C25H28N2O3. The first kappa shape index (κ1) is 20.4. The zero-order valence-corrected chi connectivity index (χ0v) is 17.4. The Labute approximate surface area is 177 Å². The second-order valence-electron chi connectivity index (χ2n) is 7.79. The van der Waals surface area contributed by atoms with Crippen LogP contribution in [-0.4, -0.2) is 42.0 Å². The van der Waals surface area contributed by atoms with E-state index in [0.717, 1.165) is 18.8 Å². The van der Waals surface area contributed by atoms with Gasteiger partial charge in [-0.2, -0.15) is 0 Å². The van der Waals surface area contributed by atoms with E-state index < -0.39 is 0 Å². The average Bonchev–Trinajstić information content (AvgIpc) is 3.24. The topological polar surface area (TPSA) is 45.9 Å². The first-order chi connectivity index (χ1) is 14.7. The van der Waals surface area contributed by atoms with Crippen molar-refractivity contribution in [3.05, 3.63) is 94.9 Å². The average molecular weight is 405 g/mol. The highest BCUT2D eigenvalue weighted by Crippen LogP contribution is 2.18. The van der Waals surface area contributed by atoms with Crippen LogP contribution in [0.1, 0.15) is 33.0 Å². The number of benzene rings is 2. The molecule has 1 aliphatic heterocycles. The number of aryl methyl sites for hydroxylation is 1. The Balaban J connectivity index is 1.47. The minimum Gasteiger partial charge on any atom is -0.455 e. The van der Waals surface area contributed by atoms with Gasteiger partial charge in [-0.3, -0.25) is 9.69 Å². The molecular weight excluding hydrogens is 376 g/mol. The summed E-state index contributed by atoms with van der Waals surface area (Å²) in [7, 11) is 0. The molecule has 0 aliphatic carbocycles. The lowest BCUT2D eigenvalue weighted by Crippen LogP contribution is -2.40. The van der Waals surface area contributed by atoms with Crippen molar-refractivity contribution in [3.63, 3.8) is 0 Å². The largest absolute Gasteiger partial charge is 0.455 e. The van der Waals surface area contributed by atoms with Gasteiger partial charge in [-0.1, -0.05) is 60.2 Å². The standard InChI is InChI=1S/C25H28N2O3/c1-20-7-9-22(10-8-20)18-26(17-21-5-3-2-4-6-21)19-23-11-12-24(30-23)25(28)27-13-15-29-16-14-27/h2-12H,13-19H2,1H3. The number of hydrogen-bond donors (Lipinski definition) is 0. The summed E-state index contributed by atoms with van der Waals surface area (Å²) >= 11 is 0. The van der Waals surface area contributed by atoms with Gasteiger partial charge < -0.3 is 14.1 Å². The molecule has 0 radical (unpaired) electrons. The van der Waals surface area contributed by atoms with Crippen LogP contribution in [-0.2, 0) is 24.4 Å². The van der Waals surface area contributed by atoms with Crippen molar-refractivity contribution < 1.29 is 13.9 Å². The summed E-state index contributed by atoms with van der Waals surface area (Å²) in [5, 5.41) is 0. The number of hydrogen-bond acceptors (Lipinski definition) is 4. The number of amides is 1. The van der Waals surface area contributed by atoms with Crippen LogP contribution in [0.15, 0.2) is 71.1 Å². The molecule has 4 rings (SSSR count). The van der Waals surface area contributed by atoms with Crippen LogP contribution in [0.25, 0.3) is 0 Å². The molecule has 0 N–H and O–H groups in total. The summed E-state index contributed by atoms with van der Waals surface area (Å²) in [6, 6.07) is 22.8. The lowest BCUT2D eigenvalue weighted by Gasteiger charge is -2.25. The number of carbonyl (C=O) groups is 1. The smallest absolute Gasteiger partial charge is 0.289 e. The molecule has 1 amide bonds. The predicted octanol–water partition coefficient (Wildman–Crippen LogP) is 4.26. The van der Waals surface area contributed by atoms with E-state index in [1.165, 1.54) is 16.7 Å². The maximum atomic E-state index is 12.7. The number of morpholine rings is 1. The van der Waals surface area contributed by atoms with E-state index >= 15 is 0 Å². The molecule has 1 aromatic heterocycles. The highest BCUT2D eigenvalue weighted by atomic mass is 16.5. The third-order valence-electron chi connectivity index (χ3n) is 5.33. The van der Waals surface area contributed by atoms with Crippen LogP contribution >= 0.6 is 0 Å². The second kappa shape index (κ2) is 9.74. The van der Waals surface area contributed by atoms with Gasteiger partial charge in [0.05, 0.1) is 19.8 Å². The predicted molar refractivity (Wildman–Crippen MR) is 116 cm³/mol. The minimum atomic E-state index is -0.0577. The first-order valence-corrected chi connectivity index (χ1v) is 10.4. The maximum Gasteiger partial charge on any atom is 0.289 e. The lowest BCUT2D eigenvalue weighted by molar-refractivity contribution is 0.0281. The summed E-state index contributed by atoms with van der Waals surface area (Å²) in [5.74, 6) is 1.15. The molecule has 0 spiro atoms. The third-order valence-corrected chi connectivity index (χ3v) is 5.33. The van der Waals surface area contributed by atoms with Crippen LogP contribution in [0.5, 0.6) is 0 Å². The van der Waals surface area contributed by atoms with Crippen LogP contribution in [0.2, 0.25) is 0 Å². The van der Waals surface area contributed by atoms with Crippen LogP contribution in [0.3, 0.4) is 0 Å². The van der Waals surface area contributed by atoms with E-state index in [-0.39, 0.29) is 5.91 Å². The Kier molecular flexibility index (Phi) is 6.62.